The number of hydrogen-bond acceptors (Lipinski definition) is 3. The molecule has 1 heterocycles. The third-order valence-corrected chi connectivity index (χ3v) is 3.83. The van der Waals surface area contributed by atoms with E-state index in [1.165, 1.54) is 5.56 Å². The minimum atomic E-state index is -0.404. The van der Waals surface area contributed by atoms with Crippen LogP contribution in [0.25, 0.3) is 0 Å². The highest BCUT2D eigenvalue weighted by molar-refractivity contribution is 5.74. The molecule has 2 aliphatic rings. The van der Waals surface area contributed by atoms with Crippen LogP contribution in [0.2, 0.25) is 0 Å². The number of carbonyl (C=O) groups excluding carboxylic acids is 1. The van der Waals surface area contributed by atoms with Crippen LogP contribution in [0.4, 0.5) is 0 Å². The molecule has 3 nitrogen and oxygen atoms in total. The zero-order valence-electron chi connectivity index (χ0n) is 9.45. The van der Waals surface area contributed by atoms with Crippen LogP contribution in [0.1, 0.15) is 24.5 Å². The second-order valence-corrected chi connectivity index (χ2v) is 4.71. The molecule has 2 atom stereocenters. The van der Waals surface area contributed by atoms with Gasteiger partial charge in [-0.25, -0.2) is 0 Å². The van der Waals surface area contributed by atoms with Crippen molar-refractivity contribution in [2.45, 2.75) is 25.4 Å². The second kappa shape index (κ2) is 3.00. The number of fused-ring (bicyclic) bond motifs is 3. The highest BCUT2D eigenvalue weighted by atomic mass is 16.6. The van der Waals surface area contributed by atoms with Gasteiger partial charge in [-0.1, -0.05) is 6.07 Å². The predicted octanol–water partition coefficient (Wildman–Crippen LogP) is 2.03. The first-order chi connectivity index (χ1) is 7.63. The lowest BCUT2D eigenvalue weighted by molar-refractivity contribution is -0.148. The molecule has 16 heavy (non-hydrogen) atoms. The van der Waals surface area contributed by atoms with E-state index in [4.69, 9.17) is 9.47 Å². The molecule has 3 rings (SSSR count). The number of carbonyl (C=O) groups is 1. The number of ether oxygens (including phenoxy) is 2. The lowest BCUT2D eigenvalue weighted by Crippen LogP contribution is -2.24. The third-order valence-electron chi connectivity index (χ3n) is 3.83. The Bertz CT molecular complexity index is 466. The molecule has 0 aromatic heterocycles. The normalized spacial score (nSPS) is 30.9. The Hall–Kier alpha value is -1.51. The van der Waals surface area contributed by atoms with Gasteiger partial charge in [0.05, 0.1) is 13.5 Å². The van der Waals surface area contributed by atoms with Gasteiger partial charge in [0.1, 0.15) is 11.4 Å². The number of hydrogen-bond donors (Lipinski definition) is 0. The summed E-state index contributed by atoms with van der Waals surface area (Å²) in [7, 11) is 1.67. The Kier molecular flexibility index (Phi) is 1.82. The van der Waals surface area contributed by atoms with Gasteiger partial charge in [0, 0.05) is 5.92 Å². The van der Waals surface area contributed by atoms with E-state index in [9.17, 15) is 4.79 Å². The van der Waals surface area contributed by atoms with Gasteiger partial charge >= 0.3 is 5.97 Å². The van der Waals surface area contributed by atoms with Crippen LogP contribution in [0.15, 0.2) is 18.2 Å². The average molecular weight is 218 g/mol. The Morgan fingerprint density at radius 3 is 3.00 bits per heavy atom. The van der Waals surface area contributed by atoms with E-state index >= 15 is 0 Å². The average Bonchev–Trinajstić information content (AvgIpc) is 2.66. The lowest BCUT2D eigenvalue weighted by Gasteiger charge is -2.23. The van der Waals surface area contributed by atoms with E-state index in [1.54, 1.807) is 7.11 Å². The quantitative estimate of drug-likeness (QED) is 0.676. The standard InChI is InChI=1S/C13H14O3/c1-13-9(7-12(14)16-13)5-8-6-10(15-2)3-4-11(8)13/h3-4,6,9H,5,7H2,1-2H3/t9-,13+/m0/s1. The molecule has 1 saturated heterocycles. The maximum Gasteiger partial charge on any atom is 0.307 e. The molecule has 3 heteroatoms. The summed E-state index contributed by atoms with van der Waals surface area (Å²) in [5.74, 6) is 1.09. The van der Waals surface area contributed by atoms with E-state index in [-0.39, 0.29) is 5.97 Å². The predicted molar refractivity (Wildman–Crippen MR) is 58.2 cm³/mol. The molecular weight excluding hydrogens is 204 g/mol. The van der Waals surface area contributed by atoms with Crippen LogP contribution >= 0.6 is 0 Å². The van der Waals surface area contributed by atoms with Crippen LogP contribution < -0.4 is 4.74 Å². The van der Waals surface area contributed by atoms with Crippen molar-refractivity contribution in [2.24, 2.45) is 5.92 Å². The molecule has 1 aliphatic heterocycles. The van der Waals surface area contributed by atoms with Crippen LogP contribution in [0, 0.1) is 5.92 Å². The van der Waals surface area contributed by atoms with Gasteiger partial charge in [0.25, 0.3) is 0 Å². The molecule has 0 bridgehead atoms. The fourth-order valence-corrected chi connectivity index (χ4v) is 2.91. The van der Waals surface area contributed by atoms with Gasteiger partial charge in [-0.2, -0.15) is 0 Å². The highest BCUT2D eigenvalue weighted by Gasteiger charge is 2.51. The maximum atomic E-state index is 11.3. The van der Waals surface area contributed by atoms with Crippen LogP contribution in [-0.4, -0.2) is 13.1 Å². The SMILES string of the molecule is COc1ccc2c(c1)C[C@H]1CC(=O)O[C@@]21C. The summed E-state index contributed by atoms with van der Waals surface area (Å²) in [5.41, 5.74) is 1.99. The minimum absolute atomic E-state index is 0.0750. The molecule has 0 N–H and O–H groups in total. The highest BCUT2D eigenvalue weighted by Crippen LogP contribution is 2.50. The van der Waals surface area contributed by atoms with Crippen molar-refractivity contribution < 1.29 is 14.3 Å². The molecule has 0 radical (unpaired) electrons. The van der Waals surface area contributed by atoms with Crippen molar-refractivity contribution in [2.75, 3.05) is 7.11 Å². The third kappa shape index (κ3) is 1.11. The van der Waals surface area contributed by atoms with E-state index in [2.05, 4.69) is 0 Å². The second-order valence-electron chi connectivity index (χ2n) is 4.71. The number of benzene rings is 1. The van der Waals surface area contributed by atoms with E-state index < -0.39 is 5.60 Å². The summed E-state index contributed by atoms with van der Waals surface area (Å²) in [5, 5.41) is 0. The first-order valence-electron chi connectivity index (χ1n) is 5.53. The van der Waals surface area contributed by atoms with Gasteiger partial charge in [-0.05, 0) is 36.6 Å². The Balaban J connectivity index is 2.08. The van der Waals surface area contributed by atoms with Crippen molar-refractivity contribution in [3.05, 3.63) is 29.3 Å². The first kappa shape index (κ1) is 9.70. The molecule has 1 aliphatic carbocycles. The molecule has 0 saturated carbocycles. The summed E-state index contributed by atoms with van der Waals surface area (Å²) >= 11 is 0. The van der Waals surface area contributed by atoms with E-state index in [0.29, 0.717) is 12.3 Å². The monoisotopic (exact) mass is 218 g/mol. The van der Waals surface area contributed by atoms with Crippen molar-refractivity contribution in [1.82, 2.24) is 0 Å². The number of methoxy groups -OCH3 is 1. The lowest BCUT2D eigenvalue weighted by atomic mass is 9.89. The molecule has 1 aromatic rings. The van der Waals surface area contributed by atoms with Gasteiger partial charge in [-0.15, -0.1) is 0 Å². The van der Waals surface area contributed by atoms with Crippen LogP contribution in [0.5, 0.6) is 5.75 Å². The minimum Gasteiger partial charge on any atom is -0.497 e. The topological polar surface area (TPSA) is 35.5 Å². The molecule has 84 valence electrons. The van der Waals surface area contributed by atoms with Gasteiger partial charge in [0.2, 0.25) is 0 Å². The van der Waals surface area contributed by atoms with Crippen LogP contribution in [0.3, 0.4) is 0 Å². The van der Waals surface area contributed by atoms with E-state index in [1.807, 2.05) is 25.1 Å². The molecule has 1 aromatic carbocycles. The zero-order chi connectivity index (χ0) is 11.3. The first-order valence-corrected chi connectivity index (χ1v) is 5.53. The summed E-state index contributed by atoms with van der Waals surface area (Å²) in [6.07, 6.45) is 1.45. The Labute approximate surface area is 94.4 Å². The Morgan fingerprint density at radius 1 is 1.44 bits per heavy atom. The number of rotatable bonds is 1. The summed E-state index contributed by atoms with van der Waals surface area (Å²) in [4.78, 5) is 11.3. The van der Waals surface area contributed by atoms with Crippen LogP contribution in [-0.2, 0) is 21.6 Å². The van der Waals surface area contributed by atoms with Gasteiger partial charge in [-0.3, -0.25) is 4.79 Å². The van der Waals surface area contributed by atoms with Crippen molar-refractivity contribution in [3.8, 4) is 5.75 Å². The van der Waals surface area contributed by atoms with Gasteiger partial charge < -0.3 is 9.47 Å². The molecule has 1 fully saturated rings. The summed E-state index contributed by atoms with van der Waals surface area (Å²) < 4.78 is 10.7. The fourth-order valence-electron chi connectivity index (χ4n) is 2.91. The molecule has 0 spiro atoms. The zero-order valence-corrected chi connectivity index (χ0v) is 9.45. The Morgan fingerprint density at radius 2 is 2.25 bits per heavy atom. The molecule has 0 amide bonds. The summed E-state index contributed by atoms with van der Waals surface area (Å²) in [6.45, 7) is 2.01. The fraction of sp³-hybridized carbons (Fsp3) is 0.462. The molecule has 0 unspecified atom stereocenters. The smallest absolute Gasteiger partial charge is 0.307 e. The van der Waals surface area contributed by atoms with E-state index in [0.717, 1.165) is 17.7 Å². The maximum absolute atomic E-state index is 11.3. The van der Waals surface area contributed by atoms with Crippen molar-refractivity contribution in [3.63, 3.8) is 0 Å². The van der Waals surface area contributed by atoms with Crippen molar-refractivity contribution in [1.29, 1.82) is 0 Å². The summed E-state index contributed by atoms with van der Waals surface area (Å²) in [6, 6.07) is 6.00. The molecular formula is C13H14O3. The van der Waals surface area contributed by atoms with Gasteiger partial charge in [0.15, 0.2) is 0 Å². The van der Waals surface area contributed by atoms with Crippen molar-refractivity contribution >= 4 is 5.97 Å². The number of esters is 1. The largest absolute Gasteiger partial charge is 0.497 e.